The predicted molar refractivity (Wildman–Crippen MR) is 82.4 cm³/mol. The van der Waals surface area contributed by atoms with Crippen molar-refractivity contribution in [1.82, 2.24) is 0 Å². The van der Waals surface area contributed by atoms with Gasteiger partial charge in [0.15, 0.2) is 11.5 Å². The average molecular weight is 318 g/mol. The van der Waals surface area contributed by atoms with Crippen molar-refractivity contribution in [3.05, 3.63) is 53.3 Å². The van der Waals surface area contributed by atoms with Crippen molar-refractivity contribution in [2.24, 2.45) is 5.73 Å². The van der Waals surface area contributed by atoms with Gasteiger partial charge >= 0.3 is 0 Å². The molecule has 0 saturated carbocycles. The molecule has 0 unspecified atom stereocenters. The van der Waals surface area contributed by atoms with Crippen LogP contribution in [0.25, 0.3) is 0 Å². The minimum atomic E-state index is -0.912. The molecule has 0 fully saturated rings. The molecule has 0 heterocycles. The van der Waals surface area contributed by atoms with Crippen LogP contribution in [0.15, 0.2) is 36.4 Å². The number of nitrogens with two attached hydrogens (primary N) is 1. The molecule has 0 aliphatic carbocycles. The Hall–Kier alpha value is -3.09. The van der Waals surface area contributed by atoms with Crippen LogP contribution in [0, 0.1) is 5.82 Å². The first-order valence-corrected chi connectivity index (χ1v) is 6.59. The first-order chi connectivity index (χ1) is 11.0. The van der Waals surface area contributed by atoms with E-state index < -0.39 is 17.6 Å². The lowest BCUT2D eigenvalue weighted by Crippen LogP contribution is -2.16. The SMILES string of the molecule is COc1ccc(C(=O)Nc2ccc(F)c(C(N)=O)c2)cc1OC. The number of hydrogen-bond acceptors (Lipinski definition) is 4. The third-order valence-corrected chi connectivity index (χ3v) is 3.14. The van der Waals surface area contributed by atoms with Gasteiger partial charge in [0, 0.05) is 11.3 Å². The molecule has 2 amide bonds. The molecule has 0 saturated heterocycles. The number of halogens is 1. The molecule has 2 aromatic carbocycles. The van der Waals surface area contributed by atoms with Gasteiger partial charge in [-0.1, -0.05) is 0 Å². The maximum atomic E-state index is 13.4. The zero-order valence-electron chi connectivity index (χ0n) is 12.6. The van der Waals surface area contributed by atoms with Crippen LogP contribution in [0.5, 0.6) is 11.5 Å². The van der Waals surface area contributed by atoms with Crippen molar-refractivity contribution < 1.29 is 23.5 Å². The molecule has 23 heavy (non-hydrogen) atoms. The highest BCUT2D eigenvalue weighted by Gasteiger charge is 2.13. The molecule has 0 aliphatic rings. The summed E-state index contributed by atoms with van der Waals surface area (Å²) in [7, 11) is 2.94. The Morgan fingerprint density at radius 1 is 1.04 bits per heavy atom. The Balaban J connectivity index is 2.25. The molecular formula is C16H15FN2O4. The maximum Gasteiger partial charge on any atom is 0.255 e. The van der Waals surface area contributed by atoms with E-state index in [1.807, 2.05) is 0 Å². The second-order valence-corrected chi connectivity index (χ2v) is 4.58. The summed E-state index contributed by atoms with van der Waals surface area (Å²) in [5.74, 6) is -1.22. The highest BCUT2D eigenvalue weighted by Crippen LogP contribution is 2.28. The Kier molecular flexibility index (Phi) is 4.80. The Morgan fingerprint density at radius 3 is 2.35 bits per heavy atom. The molecular weight excluding hydrogens is 303 g/mol. The number of carbonyl (C=O) groups excluding carboxylic acids is 2. The van der Waals surface area contributed by atoms with Gasteiger partial charge in [-0.2, -0.15) is 0 Å². The minimum Gasteiger partial charge on any atom is -0.493 e. The molecule has 0 atom stereocenters. The molecule has 0 bridgehead atoms. The normalized spacial score (nSPS) is 10.0. The Labute approximate surface area is 132 Å². The van der Waals surface area contributed by atoms with E-state index in [4.69, 9.17) is 15.2 Å². The number of primary amides is 1. The molecule has 0 aromatic heterocycles. The van der Waals surface area contributed by atoms with Gasteiger partial charge in [-0.3, -0.25) is 9.59 Å². The molecule has 7 heteroatoms. The number of carbonyl (C=O) groups is 2. The molecule has 0 spiro atoms. The largest absolute Gasteiger partial charge is 0.493 e. The summed E-state index contributed by atoms with van der Waals surface area (Å²) in [6, 6.07) is 8.22. The summed E-state index contributed by atoms with van der Waals surface area (Å²) in [6.07, 6.45) is 0. The summed E-state index contributed by atoms with van der Waals surface area (Å²) in [5.41, 5.74) is 5.34. The van der Waals surface area contributed by atoms with E-state index in [1.165, 1.54) is 32.4 Å². The van der Waals surface area contributed by atoms with Gasteiger partial charge in [0.25, 0.3) is 11.8 Å². The lowest BCUT2D eigenvalue weighted by atomic mass is 10.1. The number of rotatable bonds is 5. The second-order valence-electron chi connectivity index (χ2n) is 4.58. The zero-order chi connectivity index (χ0) is 17.0. The topological polar surface area (TPSA) is 90.6 Å². The van der Waals surface area contributed by atoms with Crippen molar-refractivity contribution in [1.29, 1.82) is 0 Å². The summed E-state index contributed by atoms with van der Waals surface area (Å²) in [6.45, 7) is 0. The van der Waals surface area contributed by atoms with Crippen molar-refractivity contribution in [3.63, 3.8) is 0 Å². The number of anilines is 1. The number of nitrogens with one attached hydrogen (secondary N) is 1. The van der Waals surface area contributed by atoms with Gasteiger partial charge in [-0.15, -0.1) is 0 Å². The first-order valence-electron chi connectivity index (χ1n) is 6.59. The average Bonchev–Trinajstić information content (AvgIpc) is 2.55. The molecule has 2 aromatic rings. The van der Waals surface area contributed by atoms with Crippen molar-refractivity contribution >= 4 is 17.5 Å². The molecule has 120 valence electrons. The monoisotopic (exact) mass is 318 g/mol. The van der Waals surface area contributed by atoms with Gasteiger partial charge in [0.2, 0.25) is 0 Å². The van der Waals surface area contributed by atoms with Crippen LogP contribution in [0.3, 0.4) is 0 Å². The molecule has 0 aliphatic heterocycles. The lowest BCUT2D eigenvalue weighted by Gasteiger charge is -2.10. The highest BCUT2D eigenvalue weighted by molar-refractivity contribution is 6.05. The van der Waals surface area contributed by atoms with E-state index in [2.05, 4.69) is 5.32 Å². The van der Waals surface area contributed by atoms with Gasteiger partial charge in [0.05, 0.1) is 19.8 Å². The van der Waals surface area contributed by atoms with Gasteiger partial charge in [-0.25, -0.2) is 4.39 Å². The van der Waals surface area contributed by atoms with Crippen LogP contribution in [-0.4, -0.2) is 26.0 Å². The van der Waals surface area contributed by atoms with E-state index in [1.54, 1.807) is 12.1 Å². The number of amides is 2. The maximum absolute atomic E-state index is 13.4. The number of ether oxygens (including phenoxy) is 2. The quantitative estimate of drug-likeness (QED) is 0.884. The molecule has 0 radical (unpaired) electrons. The minimum absolute atomic E-state index is 0.250. The summed E-state index contributed by atoms with van der Waals surface area (Å²) >= 11 is 0. The zero-order valence-corrected chi connectivity index (χ0v) is 12.6. The van der Waals surface area contributed by atoms with Crippen molar-refractivity contribution in [2.45, 2.75) is 0 Å². The van der Waals surface area contributed by atoms with E-state index in [0.717, 1.165) is 6.07 Å². The van der Waals surface area contributed by atoms with Crippen LogP contribution < -0.4 is 20.5 Å². The Bertz CT molecular complexity index is 762. The fourth-order valence-corrected chi connectivity index (χ4v) is 1.97. The third-order valence-electron chi connectivity index (χ3n) is 3.14. The number of hydrogen-bond donors (Lipinski definition) is 2. The second kappa shape index (κ2) is 6.78. The summed E-state index contributed by atoms with van der Waals surface area (Å²) < 4.78 is 23.6. The van der Waals surface area contributed by atoms with Crippen LogP contribution in [-0.2, 0) is 0 Å². The van der Waals surface area contributed by atoms with Crippen LogP contribution in [0.4, 0.5) is 10.1 Å². The van der Waals surface area contributed by atoms with E-state index in [-0.39, 0.29) is 11.3 Å². The van der Waals surface area contributed by atoms with Gasteiger partial charge in [-0.05, 0) is 36.4 Å². The fraction of sp³-hybridized carbons (Fsp3) is 0.125. The summed E-state index contributed by atoms with van der Waals surface area (Å²) in [4.78, 5) is 23.4. The highest BCUT2D eigenvalue weighted by atomic mass is 19.1. The molecule has 3 N–H and O–H groups in total. The van der Waals surface area contributed by atoms with Crippen LogP contribution in [0.2, 0.25) is 0 Å². The smallest absolute Gasteiger partial charge is 0.255 e. The van der Waals surface area contributed by atoms with Crippen molar-refractivity contribution in [3.8, 4) is 11.5 Å². The molecule has 2 rings (SSSR count). The molecule has 6 nitrogen and oxygen atoms in total. The predicted octanol–water partition coefficient (Wildman–Crippen LogP) is 2.19. The fourth-order valence-electron chi connectivity index (χ4n) is 1.97. The van der Waals surface area contributed by atoms with Gasteiger partial charge < -0.3 is 20.5 Å². The van der Waals surface area contributed by atoms with E-state index >= 15 is 0 Å². The van der Waals surface area contributed by atoms with E-state index in [9.17, 15) is 14.0 Å². The Morgan fingerprint density at radius 2 is 1.74 bits per heavy atom. The van der Waals surface area contributed by atoms with E-state index in [0.29, 0.717) is 17.1 Å². The van der Waals surface area contributed by atoms with Gasteiger partial charge in [0.1, 0.15) is 5.82 Å². The van der Waals surface area contributed by atoms with Crippen LogP contribution >= 0.6 is 0 Å². The third kappa shape index (κ3) is 3.57. The van der Waals surface area contributed by atoms with Crippen LogP contribution in [0.1, 0.15) is 20.7 Å². The first kappa shape index (κ1) is 16.3. The summed E-state index contributed by atoms with van der Waals surface area (Å²) in [5, 5.41) is 2.56. The standard InChI is InChI=1S/C16H15FN2O4/c1-22-13-6-3-9(7-14(13)23-2)16(21)19-10-4-5-12(17)11(8-10)15(18)20/h3-8H,1-2H3,(H2,18,20)(H,19,21). The lowest BCUT2D eigenvalue weighted by molar-refractivity contribution is 0.0992. The van der Waals surface area contributed by atoms with Crippen molar-refractivity contribution in [2.75, 3.05) is 19.5 Å². The number of benzene rings is 2. The number of methoxy groups -OCH3 is 2.